The van der Waals surface area contributed by atoms with E-state index in [2.05, 4.69) is 25.9 Å². The average molecular weight is 244 g/mol. The predicted molar refractivity (Wildman–Crippen MR) is 73.7 cm³/mol. The van der Waals surface area contributed by atoms with Crippen LogP contribution in [0.1, 0.15) is 44.8 Å². The van der Waals surface area contributed by atoms with Crippen LogP contribution < -0.4 is 0 Å². The lowest BCUT2D eigenvalue weighted by atomic mass is 9.79. The first-order valence-electron chi connectivity index (χ1n) is 6.66. The highest BCUT2D eigenvalue weighted by molar-refractivity contribution is 5.93. The zero-order chi connectivity index (χ0) is 13.2. The van der Waals surface area contributed by atoms with Crippen LogP contribution in [0.3, 0.4) is 0 Å². The summed E-state index contributed by atoms with van der Waals surface area (Å²) in [6.07, 6.45) is 4.33. The number of hydrogen-bond acceptors (Lipinski definition) is 2. The normalized spacial score (nSPS) is 11.9. The number of rotatable bonds is 4. The highest BCUT2D eigenvalue weighted by atomic mass is 16.2. The Morgan fingerprint density at radius 3 is 2.39 bits per heavy atom. The number of hydrogen-bond donors (Lipinski definition) is 0. The Morgan fingerprint density at radius 2 is 1.78 bits per heavy atom. The SMILES string of the molecule is CCC(CC)(CC)C(=O)n1ncc2ccccc21. The van der Waals surface area contributed by atoms with E-state index in [0.717, 1.165) is 30.2 Å². The van der Waals surface area contributed by atoms with Crippen molar-refractivity contribution in [1.82, 2.24) is 9.78 Å². The van der Waals surface area contributed by atoms with Crippen molar-refractivity contribution in [3.05, 3.63) is 30.5 Å². The molecule has 96 valence electrons. The van der Waals surface area contributed by atoms with Crippen molar-refractivity contribution in [3.63, 3.8) is 0 Å². The topological polar surface area (TPSA) is 34.9 Å². The van der Waals surface area contributed by atoms with Crippen molar-refractivity contribution in [1.29, 1.82) is 0 Å². The summed E-state index contributed by atoms with van der Waals surface area (Å²) in [6, 6.07) is 7.84. The maximum Gasteiger partial charge on any atom is 0.253 e. The molecule has 18 heavy (non-hydrogen) atoms. The van der Waals surface area contributed by atoms with Gasteiger partial charge in [-0.1, -0.05) is 39.0 Å². The smallest absolute Gasteiger partial charge is 0.253 e. The van der Waals surface area contributed by atoms with E-state index in [4.69, 9.17) is 0 Å². The summed E-state index contributed by atoms with van der Waals surface area (Å²) in [5, 5.41) is 5.29. The van der Waals surface area contributed by atoms with Crippen LogP contribution in [0.15, 0.2) is 30.5 Å². The summed E-state index contributed by atoms with van der Waals surface area (Å²) in [6.45, 7) is 6.24. The molecule has 0 fully saturated rings. The van der Waals surface area contributed by atoms with E-state index >= 15 is 0 Å². The fourth-order valence-electron chi connectivity index (χ4n) is 2.56. The molecule has 0 aliphatic rings. The van der Waals surface area contributed by atoms with Gasteiger partial charge in [-0.2, -0.15) is 9.78 Å². The van der Waals surface area contributed by atoms with E-state index in [1.807, 2.05) is 24.3 Å². The molecule has 0 aliphatic carbocycles. The van der Waals surface area contributed by atoms with Crippen molar-refractivity contribution < 1.29 is 4.79 Å². The molecule has 1 aromatic heterocycles. The van der Waals surface area contributed by atoms with Gasteiger partial charge in [-0.15, -0.1) is 0 Å². The molecule has 1 aromatic carbocycles. The van der Waals surface area contributed by atoms with Gasteiger partial charge in [0, 0.05) is 5.39 Å². The van der Waals surface area contributed by atoms with Crippen molar-refractivity contribution in [2.45, 2.75) is 40.0 Å². The molecule has 0 N–H and O–H groups in total. The van der Waals surface area contributed by atoms with E-state index in [9.17, 15) is 4.79 Å². The highest BCUT2D eigenvalue weighted by Gasteiger charge is 2.35. The minimum absolute atomic E-state index is 0.121. The number of para-hydroxylation sites is 1. The van der Waals surface area contributed by atoms with Gasteiger partial charge in [0.1, 0.15) is 0 Å². The van der Waals surface area contributed by atoms with Gasteiger partial charge in [0.15, 0.2) is 0 Å². The van der Waals surface area contributed by atoms with Crippen LogP contribution in [0, 0.1) is 5.41 Å². The second-order valence-electron chi connectivity index (χ2n) is 4.76. The van der Waals surface area contributed by atoms with E-state index in [1.54, 1.807) is 10.9 Å². The standard InChI is InChI=1S/C15H20N2O/c1-4-15(5-2,6-3)14(18)17-13-10-8-7-9-12(13)11-16-17/h7-11H,4-6H2,1-3H3. The lowest BCUT2D eigenvalue weighted by Crippen LogP contribution is -2.34. The zero-order valence-corrected chi connectivity index (χ0v) is 11.3. The maximum atomic E-state index is 12.7. The third-order valence-corrected chi connectivity index (χ3v) is 4.15. The number of fused-ring (bicyclic) bond motifs is 1. The molecule has 1 heterocycles. The van der Waals surface area contributed by atoms with Crippen LogP contribution in [0.2, 0.25) is 0 Å². The average Bonchev–Trinajstić information content (AvgIpc) is 2.85. The van der Waals surface area contributed by atoms with E-state index < -0.39 is 0 Å². The summed E-state index contributed by atoms with van der Waals surface area (Å²) < 4.78 is 1.58. The number of aromatic nitrogens is 2. The molecule has 0 amide bonds. The van der Waals surface area contributed by atoms with Crippen LogP contribution >= 0.6 is 0 Å². The monoisotopic (exact) mass is 244 g/mol. The number of carbonyl (C=O) groups is 1. The largest absolute Gasteiger partial charge is 0.272 e. The zero-order valence-electron chi connectivity index (χ0n) is 11.3. The molecule has 0 spiro atoms. The summed E-state index contributed by atoms with van der Waals surface area (Å²) in [5.74, 6) is 0.121. The fourth-order valence-corrected chi connectivity index (χ4v) is 2.56. The Kier molecular flexibility index (Phi) is 3.50. The summed E-state index contributed by atoms with van der Waals surface area (Å²) in [5.41, 5.74) is 0.622. The molecule has 2 aromatic rings. The van der Waals surface area contributed by atoms with Crippen LogP contribution in [0.5, 0.6) is 0 Å². The molecule has 0 radical (unpaired) electrons. The minimum atomic E-state index is -0.283. The van der Waals surface area contributed by atoms with Crippen molar-refractivity contribution in [2.75, 3.05) is 0 Å². The van der Waals surface area contributed by atoms with Gasteiger partial charge in [-0.3, -0.25) is 4.79 Å². The van der Waals surface area contributed by atoms with Crippen LogP contribution in [0.4, 0.5) is 0 Å². The maximum absolute atomic E-state index is 12.7. The molecule has 0 saturated heterocycles. The van der Waals surface area contributed by atoms with Crippen LogP contribution in [-0.2, 0) is 0 Å². The Morgan fingerprint density at radius 1 is 1.17 bits per heavy atom. The molecule has 0 bridgehead atoms. The van der Waals surface area contributed by atoms with Gasteiger partial charge in [-0.05, 0) is 25.3 Å². The molecular weight excluding hydrogens is 224 g/mol. The van der Waals surface area contributed by atoms with Gasteiger partial charge < -0.3 is 0 Å². The molecule has 0 atom stereocenters. The van der Waals surface area contributed by atoms with Gasteiger partial charge in [0.2, 0.25) is 0 Å². The second kappa shape index (κ2) is 4.92. The van der Waals surface area contributed by atoms with Gasteiger partial charge >= 0.3 is 0 Å². The third kappa shape index (κ3) is 1.84. The summed E-state index contributed by atoms with van der Waals surface area (Å²) in [4.78, 5) is 12.7. The number of nitrogens with zero attached hydrogens (tertiary/aromatic N) is 2. The van der Waals surface area contributed by atoms with Gasteiger partial charge in [0.05, 0.1) is 17.1 Å². The third-order valence-electron chi connectivity index (χ3n) is 4.15. The van der Waals surface area contributed by atoms with E-state index in [0.29, 0.717) is 0 Å². The Bertz CT molecular complexity index is 544. The first-order valence-corrected chi connectivity index (χ1v) is 6.66. The first kappa shape index (κ1) is 12.8. The highest BCUT2D eigenvalue weighted by Crippen LogP contribution is 2.33. The number of carbonyl (C=O) groups excluding carboxylic acids is 1. The van der Waals surface area contributed by atoms with Crippen molar-refractivity contribution >= 4 is 16.8 Å². The van der Waals surface area contributed by atoms with Crippen molar-refractivity contribution in [3.8, 4) is 0 Å². The molecule has 3 nitrogen and oxygen atoms in total. The Labute approximate surface area is 108 Å². The molecule has 0 unspecified atom stereocenters. The van der Waals surface area contributed by atoms with E-state index in [1.165, 1.54) is 0 Å². The molecule has 0 saturated carbocycles. The summed E-state index contributed by atoms with van der Waals surface area (Å²) in [7, 11) is 0. The fraction of sp³-hybridized carbons (Fsp3) is 0.467. The Balaban J connectivity index is 2.51. The van der Waals surface area contributed by atoms with Crippen LogP contribution in [-0.4, -0.2) is 15.7 Å². The molecule has 2 rings (SSSR count). The minimum Gasteiger partial charge on any atom is -0.272 e. The molecule has 0 aliphatic heterocycles. The second-order valence-corrected chi connectivity index (χ2v) is 4.76. The first-order chi connectivity index (χ1) is 8.68. The lowest BCUT2D eigenvalue weighted by molar-refractivity contribution is 0.0657. The summed E-state index contributed by atoms with van der Waals surface area (Å²) >= 11 is 0. The van der Waals surface area contributed by atoms with Crippen LogP contribution in [0.25, 0.3) is 10.9 Å². The predicted octanol–water partition coefficient (Wildman–Crippen LogP) is 3.89. The quantitative estimate of drug-likeness (QED) is 0.817. The molecule has 3 heteroatoms. The lowest BCUT2D eigenvalue weighted by Gasteiger charge is -2.28. The molecular formula is C15H20N2O. The van der Waals surface area contributed by atoms with Gasteiger partial charge in [-0.25, -0.2) is 0 Å². The Hall–Kier alpha value is -1.64. The van der Waals surface area contributed by atoms with E-state index in [-0.39, 0.29) is 11.3 Å². The number of benzene rings is 1. The van der Waals surface area contributed by atoms with Gasteiger partial charge in [0.25, 0.3) is 5.91 Å². The van der Waals surface area contributed by atoms with Crippen molar-refractivity contribution in [2.24, 2.45) is 5.41 Å².